The molecule has 1 aromatic carbocycles. The first-order valence-electron chi connectivity index (χ1n) is 11.3. The highest BCUT2D eigenvalue weighted by molar-refractivity contribution is 6.18. The Balaban J connectivity index is 2.43. The molecule has 1 aromatic rings. The summed E-state index contributed by atoms with van der Waals surface area (Å²) in [5.74, 6) is -6.99. The molecule has 9 heteroatoms. The van der Waals surface area contributed by atoms with Crippen LogP contribution in [-0.2, 0) is 9.08 Å². The number of benzene rings is 1. The van der Waals surface area contributed by atoms with Crippen molar-refractivity contribution in [1.82, 2.24) is 0 Å². The molecule has 0 saturated heterocycles. The lowest BCUT2D eigenvalue weighted by atomic mass is 10.1. The molecule has 0 fully saturated rings. The summed E-state index contributed by atoms with van der Waals surface area (Å²) in [7, 11) is 1.75. The lowest BCUT2D eigenvalue weighted by Gasteiger charge is -2.24. The summed E-state index contributed by atoms with van der Waals surface area (Å²) in [5.41, 5.74) is 6.57. The molecular weight excluding hydrogens is 387 g/mol. The number of rotatable bonds is 9. The highest BCUT2D eigenvalue weighted by atomic mass is 35.5. The van der Waals surface area contributed by atoms with Crippen molar-refractivity contribution in [2.75, 3.05) is 46.8 Å². The first-order valence-corrected chi connectivity index (χ1v) is 8.32. The number of hydrogen-bond acceptors (Lipinski definition) is 6. The normalized spacial score (nSPS) is 24.0. The van der Waals surface area contributed by atoms with Crippen molar-refractivity contribution in [2.45, 2.75) is 25.0 Å². The summed E-state index contributed by atoms with van der Waals surface area (Å²) in [4.78, 5) is 13.5. The molecule has 2 atom stereocenters. The predicted octanol–water partition coefficient (Wildman–Crippen LogP) is 2.96. The number of fused-ring (bicyclic) bond motifs is 1. The molecule has 3 N–H and O–H groups in total. The third-order valence-electron chi connectivity index (χ3n) is 3.85. The molecule has 1 aliphatic rings. The molecule has 0 radical (unpaired) electrons. The number of hydrogen-bond donors (Lipinski definition) is 2. The second kappa shape index (κ2) is 9.57. The minimum Gasteiger partial charge on any atom is -0.369 e. The van der Waals surface area contributed by atoms with Crippen molar-refractivity contribution >= 4 is 58.1 Å². The SMILES string of the molecule is [2H]C([2H])(Cl)C([2H])([2H])N(c1ccc2c(c1)N[C@H](CC[C@H](N)C(=O)OCl)N2C)C([2H])([2H])C([2H])([2H])Cl. The highest BCUT2D eigenvalue weighted by Gasteiger charge is 2.27. The zero-order chi connectivity index (χ0) is 25.6. The summed E-state index contributed by atoms with van der Waals surface area (Å²) in [5, 5.41) is 3.13. The monoisotopic (exact) mass is 416 g/mol. The maximum absolute atomic E-state index is 11.4. The van der Waals surface area contributed by atoms with Crippen LogP contribution in [0.4, 0.5) is 17.1 Å². The fraction of sp³-hybridized carbons (Fsp3) is 0.562. The fourth-order valence-corrected chi connectivity index (χ4v) is 2.83. The van der Waals surface area contributed by atoms with E-state index in [-0.39, 0.29) is 23.2 Å². The van der Waals surface area contributed by atoms with Crippen molar-refractivity contribution in [3.05, 3.63) is 18.2 Å². The van der Waals surface area contributed by atoms with Crippen LogP contribution >= 0.6 is 35.1 Å². The number of alkyl halides is 2. The number of halogens is 3. The van der Waals surface area contributed by atoms with Gasteiger partial charge < -0.3 is 25.1 Å². The predicted molar refractivity (Wildman–Crippen MR) is 105 cm³/mol. The Kier molecular flexibility index (Phi) is 4.44. The van der Waals surface area contributed by atoms with E-state index >= 15 is 0 Å². The molecule has 0 aliphatic carbocycles. The van der Waals surface area contributed by atoms with Crippen LogP contribution in [-0.4, -0.2) is 49.9 Å². The molecule has 25 heavy (non-hydrogen) atoms. The van der Waals surface area contributed by atoms with Gasteiger partial charge in [-0.15, -0.1) is 23.2 Å². The highest BCUT2D eigenvalue weighted by Crippen LogP contribution is 2.37. The number of anilines is 3. The molecule has 0 unspecified atom stereocenters. The van der Waals surface area contributed by atoms with E-state index in [1.165, 1.54) is 18.2 Å². The van der Waals surface area contributed by atoms with Gasteiger partial charge >= 0.3 is 5.97 Å². The van der Waals surface area contributed by atoms with Crippen LogP contribution in [0.2, 0.25) is 0 Å². The molecule has 1 aliphatic heterocycles. The molecule has 1 heterocycles. The number of nitrogens with one attached hydrogen (secondary N) is 1. The second-order valence-electron chi connectivity index (χ2n) is 5.30. The van der Waals surface area contributed by atoms with Crippen LogP contribution in [0, 0.1) is 0 Å². The van der Waals surface area contributed by atoms with E-state index < -0.39 is 36.7 Å². The molecule has 0 amide bonds. The van der Waals surface area contributed by atoms with Gasteiger partial charge in [-0.25, -0.2) is 4.79 Å². The molecule has 0 aromatic heterocycles. The molecule has 140 valence electrons. The van der Waals surface area contributed by atoms with E-state index in [9.17, 15) is 4.79 Å². The number of carbonyl (C=O) groups is 1. The quantitative estimate of drug-likeness (QED) is 0.602. The average Bonchev–Trinajstić information content (AvgIpc) is 2.98. The zero-order valence-electron chi connectivity index (χ0n) is 21.2. The summed E-state index contributed by atoms with van der Waals surface area (Å²) < 4.78 is 67.4. The maximum atomic E-state index is 11.4. The molecule has 2 rings (SSSR count). The lowest BCUT2D eigenvalue weighted by molar-refractivity contribution is -0.135. The minimum absolute atomic E-state index is 0.207. The van der Waals surface area contributed by atoms with Crippen LogP contribution in [0.3, 0.4) is 0 Å². The molecular formula is C16H23Cl3N4O2. The van der Waals surface area contributed by atoms with Gasteiger partial charge in [-0.2, -0.15) is 0 Å². The van der Waals surface area contributed by atoms with Gasteiger partial charge in [-0.1, -0.05) is 0 Å². The Morgan fingerprint density at radius 1 is 1.48 bits per heavy atom. The topological polar surface area (TPSA) is 70.8 Å². The molecule has 6 nitrogen and oxygen atoms in total. The van der Waals surface area contributed by atoms with E-state index in [0.29, 0.717) is 17.8 Å². The fourth-order valence-electron chi connectivity index (χ4n) is 2.55. The Labute approximate surface area is 174 Å². The van der Waals surface area contributed by atoms with Crippen molar-refractivity contribution < 1.29 is 20.0 Å². The lowest BCUT2D eigenvalue weighted by Crippen LogP contribution is -2.37. The van der Waals surface area contributed by atoms with E-state index in [1.54, 1.807) is 7.05 Å². The minimum atomic E-state index is -3.22. The van der Waals surface area contributed by atoms with E-state index in [0.717, 1.165) is 0 Å². The standard InChI is InChI=1S/C16H23Cl3N4O2/c1-22-14-4-2-11(23(8-6-17)9-7-18)10-13(14)21-15(22)5-3-12(20)16(24)25-19/h2,4,10,12,15,21H,3,5-9,20H2,1H3/t12-,15-/m0/s1/i6D2,7D2,8D2,9D2. The maximum Gasteiger partial charge on any atom is 0.341 e. The Bertz CT molecular complexity index is 858. The van der Waals surface area contributed by atoms with Crippen molar-refractivity contribution in [3.63, 3.8) is 0 Å². The number of nitrogens with zero attached hydrogens (tertiary/aromatic N) is 2. The van der Waals surface area contributed by atoms with Gasteiger partial charge in [0, 0.05) is 42.9 Å². The summed E-state index contributed by atoms with van der Waals surface area (Å²) in [6, 6.07) is 3.22. The summed E-state index contributed by atoms with van der Waals surface area (Å²) in [6.45, 7) is -6.43. The van der Waals surface area contributed by atoms with Gasteiger partial charge in [0.1, 0.15) is 17.9 Å². The number of nitrogens with two attached hydrogens (primary N) is 1. The third-order valence-corrected chi connectivity index (χ3v) is 4.17. The van der Waals surface area contributed by atoms with Gasteiger partial charge in [0.2, 0.25) is 0 Å². The largest absolute Gasteiger partial charge is 0.369 e. The number of carbonyl (C=O) groups excluding carboxylic acids is 1. The first kappa shape index (κ1) is 11.6. The van der Waals surface area contributed by atoms with Gasteiger partial charge in [-0.3, -0.25) is 0 Å². The molecule has 0 bridgehead atoms. The zero-order valence-corrected chi connectivity index (χ0v) is 15.5. The average molecular weight is 418 g/mol. The third kappa shape index (κ3) is 4.97. The van der Waals surface area contributed by atoms with E-state index in [2.05, 4.69) is 9.61 Å². The van der Waals surface area contributed by atoms with Crippen LogP contribution < -0.4 is 20.9 Å². The Hall–Kier alpha value is -1.08. The smallest absolute Gasteiger partial charge is 0.341 e. The summed E-state index contributed by atoms with van der Waals surface area (Å²) in [6.07, 6.45) is 0.267. The van der Waals surface area contributed by atoms with Crippen LogP contribution in [0.25, 0.3) is 0 Å². The second-order valence-corrected chi connectivity index (χ2v) is 5.83. The van der Waals surface area contributed by atoms with Crippen molar-refractivity contribution in [1.29, 1.82) is 0 Å². The van der Waals surface area contributed by atoms with Crippen LogP contribution in [0.1, 0.15) is 23.8 Å². The van der Waals surface area contributed by atoms with Crippen LogP contribution in [0.15, 0.2) is 18.2 Å². The molecule has 0 spiro atoms. The van der Waals surface area contributed by atoms with Gasteiger partial charge in [0.05, 0.1) is 23.0 Å². The van der Waals surface area contributed by atoms with Crippen molar-refractivity contribution in [2.24, 2.45) is 5.73 Å². The van der Waals surface area contributed by atoms with Gasteiger partial charge in [-0.05, 0) is 31.0 Å². The van der Waals surface area contributed by atoms with E-state index in [4.69, 9.17) is 51.8 Å². The van der Waals surface area contributed by atoms with Crippen molar-refractivity contribution in [3.8, 4) is 0 Å². The van der Waals surface area contributed by atoms with Gasteiger partial charge in [0.15, 0.2) is 0 Å². The van der Waals surface area contributed by atoms with Crippen LogP contribution in [0.5, 0.6) is 0 Å². The Morgan fingerprint density at radius 3 is 2.76 bits per heavy atom. The van der Waals surface area contributed by atoms with E-state index in [1.807, 2.05) is 4.90 Å². The summed E-state index contributed by atoms with van der Waals surface area (Å²) >= 11 is 16.2. The first-order chi connectivity index (χ1) is 14.9. The Morgan fingerprint density at radius 2 is 2.16 bits per heavy atom. The van der Waals surface area contributed by atoms with Gasteiger partial charge in [0.25, 0.3) is 0 Å². The molecule has 0 saturated carbocycles.